The van der Waals surface area contributed by atoms with E-state index >= 15 is 0 Å². The summed E-state index contributed by atoms with van der Waals surface area (Å²) in [4.78, 5) is 0. The van der Waals surface area contributed by atoms with Crippen LogP contribution < -0.4 is 0 Å². The Morgan fingerprint density at radius 2 is 2.05 bits per heavy atom. The van der Waals surface area contributed by atoms with E-state index < -0.39 is 0 Å². The summed E-state index contributed by atoms with van der Waals surface area (Å²) in [5.41, 5.74) is 2.04. The van der Waals surface area contributed by atoms with Gasteiger partial charge in [-0.2, -0.15) is 0 Å². The van der Waals surface area contributed by atoms with Crippen molar-refractivity contribution in [2.24, 2.45) is 0 Å². The Morgan fingerprint density at radius 3 is 2.79 bits per heavy atom. The maximum atomic E-state index is 13.0. The maximum absolute atomic E-state index is 13.0. The van der Waals surface area contributed by atoms with E-state index in [4.69, 9.17) is 0 Å². The van der Waals surface area contributed by atoms with E-state index in [1.807, 2.05) is 6.20 Å². The highest BCUT2D eigenvalue weighted by Gasteiger charge is 2.41. The number of fused-ring (bicyclic) bond motifs is 1. The van der Waals surface area contributed by atoms with Crippen molar-refractivity contribution in [3.05, 3.63) is 40.9 Å². The third-order valence-electron chi connectivity index (χ3n) is 4.54. The minimum atomic E-state index is -0.272. The molecule has 2 nitrogen and oxygen atoms in total. The van der Waals surface area contributed by atoms with Crippen LogP contribution in [0.15, 0.2) is 35.7 Å². The summed E-state index contributed by atoms with van der Waals surface area (Å²) in [6.07, 6.45) is 16.4. The highest BCUT2D eigenvalue weighted by molar-refractivity contribution is 5.32. The van der Waals surface area contributed by atoms with E-state index in [0.29, 0.717) is 0 Å². The van der Waals surface area contributed by atoms with Crippen LogP contribution in [0.25, 0.3) is 0 Å². The van der Waals surface area contributed by atoms with Crippen LogP contribution >= 0.6 is 0 Å². The molecule has 2 aliphatic rings. The summed E-state index contributed by atoms with van der Waals surface area (Å²) >= 11 is 0. The first-order valence-corrected chi connectivity index (χ1v) is 7.70. The van der Waals surface area contributed by atoms with Gasteiger partial charge in [0.25, 0.3) is 0 Å². The van der Waals surface area contributed by atoms with Crippen LogP contribution in [-0.2, 0) is 0 Å². The number of rotatable bonds is 5. The molecule has 0 aromatic rings. The molecule has 0 aliphatic carbocycles. The lowest BCUT2D eigenvalue weighted by molar-refractivity contribution is -0.844. The first-order valence-electron chi connectivity index (χ1n) is 7.70. The second kappa shape index (κ2) is 5.64. The molecule has 0 aromatic carbocycles. The second-order valence-electron chi connectivity index (χ2n) is 6.48. The molecule has 1 unspecified atom stereocenters. The molecular weight excluding hydrogens is 234 g/mol. The summed E-state index contributed by atoms with van der Waals surface area (Å²) in [7, 11) is 0. The standard InChI is InChI=1S/C17H27NO/c1-4-5-6-7-9-15-11-13-18(19)16(14-15)10-8-12-17(18,2)3/h10-11,13-14H,4-9,12H2,1-3H3. The summed E-state index contributed by atoms with van der Waals surface area (Å²) in [5.74, 6) is 0. The SMILES string of the molecule is CCCCCCC1=CC2=CCCC(C)(C)[N+]2([O-])C=C1. The van der Waals surface area contributed by atoms with Gasteiger partial charge in [0, 0.05) is 12.5 Å². The Hall–Kier alpha value is -0.860. The fourth-order valence-corrected chi connectivity index (χ4v) is 3.02. The third-order valence-corrected chi connectivity index (χ3v) is 4.54. The number of hydrogen-bond donors (Lipinski definition) is 0. The smallest absolute Gasteiger partial charge is 0.134 e. The van der Waals surface area contributed by atoms with Gasteiger partial charge >= 0.3 is 0 Å². The zero-order chi connectivity index (χ0) is 13.9. The van der Waals surface area contributed by atoms with Gasteiger partial charge in [0.1, 0.15) is 17.4 Å². The first kappa shape index (κ1) is 14.5. The molecule has 0 saturated heterocycles. The Labute approximate surface area is 117 Å². The van der Waals surface area contributed by atoms with Crippen LogP contribution in [0.1, 0.15) is 65.7 Å². The summed E-state index contributed by atoms with van der Waals surface area (Å²) in [5, 5.41) is 13.0. The first-order chi connectivity index (χ1) is 8.99. The van der Waals surface area contributed by atoms with Crippen LogP contribution in [0, 0.1) is 5.21 Å². The number of allylic oxidation sites excluding steroid dienone is 4. The molecule has 0 bridgehead atoms. The van der Waals surface area contributed by atoms with Gasteiger partial charge in [-0.3, -0.25) is 4.65 Å². The van der Waals surface area contributed by atoms with Crippen LogP contribution in [-0.4, -0.2) is 10.2 Å². The molecule has 2 heteroatoms. The molecule has 0 N–H and O–H groups in total. The van der Waals surface area contributed by atoms with Gasteiger partial charge in [-0.05, 0) is 50.8 Å². The summed E-state index contributed by atoms with van der Waals surface area (Å²) < 4.78 is -0.272. The van der Waals surface area contributed by atoms with Gasteiger partial charge in [-0.25, -0.2) is 0 Å². The summed E-state index contributed by atoms with van der Waals surface area (Å²) in [6, 6.07) is 0. The predicted molar refractivity (Wildman–Crippen MR) is 81.0 cm³/mol. The van der Waals surface area contributed by atoms with E-state index in [0.717, 1.165) is 25.0 Å². The average Bonchev–Trinajstić information content (AvgIpc) is 2.36. The van der Waals surface area contributed by atoms with E-state index in [-0.39, 0.29) is 10.2 Å². The Balaban J connectivity index is 2.06. The van der Waals surface area contributed by atoms with Crippen molar-refractivity contribution in [3.63, 3.8) is 0 Å². The molecular formula is C17H27NO. The molecule has 0 aromatic heterocycles. The fraction of sp³-hybridized carbons (Fsp3) is 0.647. The van der Waals surface area contributed by atoms with Crippen molar-refractivity contribution in [2.45, 2.75) is 71.3 Å². The van der Waals surface area contributed by atoms with Gasteiger partial charge in [0.2, 0.25) is 0 Å². The molecule has 2 heterocycles. The second-order valence-corrected chi connectivity index (χ2v) is 6.48. The molecule has 2 rings (SSSR count). The fourth-order valence-electron chi connectivity index (χ4n) is 3.02. The van der Waals surface area contributed by atoms with Crippen molar-refractivity contribution < 1.29 is 4.65 Å². The van der Waals surface area contributed by atoms with Crippen LogP contribution in [0.4, 0.5) is 0 Å². The summed E-state index contributed by atoms with van der Waals surface area (Å²) in [6.45, 7) is 6.40. The molecule has 2 aliphatic heterocycles. The lowest BCUT2D eigenvalue weighted by Crippen LogP contribution is -2.54. The quantitative estimate of drug-likeness (QED) is 0.380. The lowest BCUT2D eigenvalue weighted by atomic mass is 9.88. The van der Waals surface area contributed by atoms with Crippen LogP contribution in [0.5, 0.6) is 0 Å². The molecule has 0 amide bonds. The largest absolute Gasteiger partial charge is 0.622 e. The van der Waals surface area contributed by atoms with Crippen LogP contribution in [0.2, 0.25) is 0 Å². The van der Waals surface area contributed by atoms with Crippen molar-refractivity contribution in [2.75, 3.05) is 0 Å². The van der Waals surface area contributed by atoms with E-state index in [1.54, 1.807) is 0 Å². The molecule has 0 spiro atoms. The minimum absolute atomic E-state index is 0.231. The molecule has 19 heavy (non-hydrogen) atoms. The predicted octanol–water partition coefficient (Wildman–Crippen LogP) is 5.18. The van der Waals surface area contributed by atoms with Gasteiger partial charge in [-0.15, -0.1) is 0 Å². The number of quaternary nitrogens is 1. The van der Waals surface area contributed by atoms with Crippen molar-refractivity contribution in [1.29, 1.82) is 0 Å². The third kappa shape index (κ3) is 2.85. The topological polar surface area (TPSA) is 23.1 Å². The van der Waals surface area contributed by atoms with E-state index in [9.17, 15) is 5.21 Å². The number of hydrogen-bond acceptors (Lipinski definition) is 1. The average molecular weight is 261 g/mol. The van der Waals surface area contributed by atoms with E-state index in [1.165, 1.54) is 31.3 Å². The Morgan fingerprint density at radius 1 is 1.26 bits per heavy atom. The Kier molecular flexibility index (Phi) is 4.32. The number of unbranched alkanes of at least 4 members (excludes halogenated alkanes) is 3. The molecule has 0 fully saturated rings. The highest BCUT2D eigenvalue weighted by atomic mass is 16.6. The zero-order valence-electron chi connectivity index (χ0n) is 12.6. The van der Waals surface area contributed by atoms with Crippen molar-refractivity contribution in [1.82, 2.24) is 0 Å². The minimum Gasteiger partial charge on any atom is -0.622 e. The zero-order valence-corrected chi connectivity index (χ0v) is 12.6. The Bertz CT molecular complexity index is 417. The molecule has 0 radical (unpaired) electrons. The van der Waals surface area contributed by atoms with Gasteiger partial charge in [0.05, 0.1) is 0 Å². The maximum Gasteiger partial charge on any atom is 0.134 e. The lowest BCUT2D eigenvalue weighted by Gasteiger charge is -2.54. The molecule has 106 valence electrons. The normalized spacial score (nSPS) is 28.6. The highest BCUT2D eigenvalue weighted by Crippen LogP contribution is 2.42. The number of hydroxylamine groups is 3. The van der Waals surface area contributed by atoms with E-state index in [2.05, 4.69) is 39.0 Å². The number of nitrogens with zero attached hydrogens (tertiary/aromatic N) is 1. The van der Waals surface area contributed by atoms with Gasteiger partial charge in [0.15, 0.2) is 0 Å². The molecule has 0 saturated carbocycles. The van der Waals surface area contributed by atoms with Gasteiger partial charge in [-0.1, -0.05) is 26.2 Å². The molecule has 1 atom stereocenters. The van der Waals surface area contributed by atoms with Gasteiger partial charge < -0.3 is 5.21 Å². The van der Waals surface area contributed by atoms with Crippen molar-refractivity contribution in [3.8, 4) is 0 Å². The monoisotopic (exact) mass is 261 g/mol. The van der Waals surface area contributed by atoms with Crippen LogP contribution in [0.3, 0.4) is 0 Å². The van der Waals surface area contributed by atoms with Crippen molar-refractivity contribution >= 4 is 0 Å².